The molecule has 21 rings (SSSR count). The molecule has 0 amide bonds. The molecule has 6 aliphatic heterocycles. The van der Waals surface area contributed by atoms with Gasteiger partial charge in [0.05, 0.1) is 35.2 Å². The fourth-order valence-electron chi connectivity index (χ4n) is 14.5. The fraction of sp³-hybridized carbons (Fsp3) is 0.208. The maximum absolute atomic E-state index is 5.30. The molecular formula is C106H107CuN11Pt4S-6. The van der Waals surface area contributed by atoms with E-state index in [1.807, 2.05) is 190 Å². The molecule has 11 nitrogen and oxygen atoms in total. The molecule has 9 aromatic carbocycles. The summed E-state index contributed by atoms with van der Waals surface area (Å²) in [6.45, 7) is 37.4. The van der Waals surface area contributed by atoms with Crippen LogP contribution in [0.15, 0.2) is 307 Å². The molecule has 0 N–H and O–H groups in total. The molecule has 0 atom stereocenters. The maximum Gasteiger partial charge on any atom is 2.00 e. The van der Waals surface area contributed by atoms with Crippen molar-refractivity contribution >= 4 is 111 Å². The van der Waals surface area contributed by atoms with Crippen molar-refractivity contribution in [1.82, 2.24) is 24.9 Å². The monoisotopic (exact) mass is 2410 g/mol. The average Bonchev–Trinajstić information content (AvgIpc) is 1.57. The van der Waals surface area contributed by atoms with E-state index in [-0.39, 0.29) is 134 Å². The van der Waals surface area contributed by atoms with Crippen LogP contribution in [0.3, 0.4) is 0 Å². The first kappa shape index (κ1) is 106. The Morgan fingerprint density at radius 2 is 0.642 bits per heavy atom. The van der Waals surface area contributed by atoms with Gasteiger partial charge in [0.2, 0.25) is 0 Å². The van der Waals surface area contributed by atoms with E-state index in [0.717, 1.165) is 155 Å². The van der Waals surface area contributed by atoms with Crippen molar-refractivity contribution in [2.75, 3.05) is 0 Å². The summed E-state index contributed by atoms with van der Waals surface area (Å²) >= 11 is 1.69. The van der Waals surface area contributed by atoms with Crippen molar-refractivity contribution in [1.29, 1.82) is 0 Å². The minimum absolute atomic E-state index is 0. The van der Waals surface area contributed by atoms with Gasteiger partial charge in [-0.25, -0.2) is 48.8 Å². The van der Waals surface area contributed by atoms with E-state index in [0.29, 0.717) is 11.6 Å². The number of pyridine rings is 1. The van der Waals surface area contributed by atoms with Crippen LogP contribution < -0.4 is 19.9 Å². The zero-order valence-corrected chi connectivity index (χ0v) is 84.6. The quantitative estimate of drug-likeness (QED) is 0.0962. The van der Waals surface area contributed by atoms with E-state index >= 15 is 0 Å². The van der Waals surface area contributed by atoms with E-state index in [1.54, 1.807) is 11.3 Å². The summed E-state index contributed by atoms with van der Waals surface area (Å²) in [7, 11) is 0. The SMILES string of the molecule is CC.CC.CC.CC.CC.CC1(C)C2=NC(=C3C=CC(=N3)C(C)(C)c3[n-]c(c4ccccc34)-c3[n-]c1c1ccccc31)C=C2.CC1(C)C2=NC(=C3N=CC(=N3)C(C)(C)c3[n-]c(c4ccccc34)-c3[n-]c1c1ccccc31)N=C2.[CH3-].[CH3-].[CH3-].[Cu+2].[Pt+2].[Pt+2].[Pt].[Pt].[c-]1cccc2ccc3cccnc3c12.[c-]1ccccc1-c1[c-]cccc1.[c-]1ccccc1-c1[c-]ccs1. The molecule has 15 aromatic rings. The Morgan fingerprint density at radius 3 is 0.992 bits per heavy atom. The smallest absolute Gasteiger partial charge is 0.661 e. The van der Waals surface area contributed by atoms with Crippen molar-refractivity contribution in [3.63, 3.8) is 0 Å². The van der Waals surface area contributed by atoms with Crippen LogP contribution in [0.2, 0.25) is 0 Å². The van der Waals surface area contributed by atoms with Crippen molar-refractivity contribution in [2.45, 2.75) is 146 Å². The Morgan fingerprint density at radius 1 is 0.317 bits per heavy atom. The summed E-state index contributed by atoms with van der Waals surface area (Å²) in [6.07, 6.45) is 13.9. The van der Waals surface area contributed by atoms with Crippen LogP contribution in [0.1, 0.15) is 147 Å². The molecule has 0 fully saturated rings. The second-order valence-corrected chi connectivity index (χ2v) is 29.4. The van der Waals surface area contributed by atoms with Gasteiger partial charge in [0.25, 0.3) is 0 Å². The van der Waals surface area contributed by atoms with Crippen LogP contribution in [0.25, 0.3) is 109 Å². The number of hydrogen-bond donors (Lipinski definition) is 0. The van der Waals surface area contributed by atoms with Gasteiger partial charge in [-0.1, -0.05) is 240 Å². The number of aromatic nitrogens is 5. The molecule has 17 heteroatoms. The number of thiophene rings is 1. The standard InChI is InChI=1S/C30H24N4.C28H22N6.C13H8N.C12H8.C10H6S.5C2H6.3CH3.Cu.4Pt/c1-29(2)23-15-13-21(31-23)22-14-16-24(32-22)30(3,4)28-20-12-8-6-10-18(20)26(34-28)25-17-9-5-7-11-19(17)27(29)33-25;1-27(2)19-13-29-25(31-19)26-30-14-20(32-26)28(3,4)24-18-12-8-6-10-16(18)22(34-24)21-15-9-5-7-11-17(15)23(27)33-21;1-2-6-12-10(4-1)7-8-11-5-3-9-14-13(11)12;1-3-7-11(8-4-1)12-9-5-2-6-10-12;1-2-5-9(6-3-1)10-7-4-8-11-10;5*1-2;;;;;;;;/h5-16H,1-4H3;5-14H,1-4H3;1-5,7-9H;1-7,9H;1-5,8H;5*1-2H3;3*1H3;;;;;/q2*-2;-1;2*-2;;;;;;3*-1;+2;;;2*+2. The van der Waals surface area contributed by atoms with E-state index < -0.39 is 10.8 Å². The molecule has 1 radical (unpaired) electrons. The summed E-state index contributed by atoms with van der Waals surface area (Å²) in [5.74, 6) is 1.08. The van der Waals surface area contributed by atoms with E-state index in [4.69, 9.17) is 39.9 Å². The molecule has 6 aromatic heterocycles. The Kier molecular flexibility index (Phi) is 41.2. The number of benzene rings is 9. The average molecular weight is 2410 g/mol. The molecule has 649 valence electrons. The van der Waals surface area contributed by atoms with Crippen LogP contribution in [0.4, 0.5) is 0 Å². The summed E-state index contributed by atoms with van der Waals surface area (Å²) in [6, 6.07) is 89.6. The number of hydrogen-bond acceptors (Lipinski definition) is 8. The van der Waals surface area contributed by atoms with Gasteiger partial charge in [-0.2, -0.15) is 77.7 Å². The molecule has 0 saturated heterocycles. The van der Waals surface area contributed by atoms with Crippen LogP contribution in [0.5, 0.6) is 0 Å². The Hall–Kier alpha value is -9.24. The van der Waals surface area contributed by atoms with E-state index in [1.165, 1.54) is 10.8 Å². The van der Waals surface area contributed by atoms with Crippen molar-refractivity contribution in [2.24, 2.45) is 30.0 Å². The van der Waals surface area contributed by atoms with E-state index in [9.17, 15) is 0 Å². The van der Waals surface area contributed by atoms with Gasteiger partial charge in [0, 0.05) is 81.4 Å². The molecule has 12 heterocycles. The van der Waals surface area contributed by atoms with E-state index in [2.05, 4.69) is 246 Å². The summed E-state index contributed by atoms with van der Waals surface area (Å²) < 4.78 is 0. The third kappa shape index (κ3) is 21.7. The fourth-order valence-corrected chi connectivity index (χ4v) is 15.2. The molecule has 0 spiro atoms. The molecule has 0 unspecified atom stereocenters. The number of fused-ring (bicyclic) bond motifs is 29. The van der Waals surface area contributed by atoms with Gasteiger partial charge in [0.15, 0.2) is 11.6 Å². The minimum atomic E-state index is -0.465. The van der Waals surface area contributed by atoms with Gasteiger partial charge < -0.3 is 47.2 Å². The summed E-state index contributed by atoms with van der Waals surface area (Å²) in [5.41, 5.74) is 15.9. The topological polar surface area (TPSA) is 143 Å². The predicted molar refractivity (Wildman–Crippen MR) is 509 cm³/mol. The molecule has 6 aliphatic rings. The predicted octanol–water partition coefficient (Wildman–Crippen LogP) is 27.3. The van der Waals surface area contributed by atoms with Crippen molar-refractivity contribution in [3.8, 4) is 44.3 Å². The molecular weight excluding hydrogens is 2300 g/mol. The minimum Gasteiger partial charge on any atom is -0.661 e. The molecule has 16 bridgehead atoms. The van der Waals surface area contributed by atoms with Crippen LogP contribution in [-0.4, -0.2) is 40.3 Å². The Labute approximate surface area is 803 Å². The first-order valence-corrected chi connectivity index (χ1v) is 41.0. The van der Waals surface area contributed by atoms with Crippen LogP contribution in [0, 0.1) is 52.6 Å². The van der Waals surface area contributed by atoms with Gasteiger partial charge in [-0.15, -0.1) is 104 Å². The second kappa shape index (κ2) is 47.7. The van der Waals surface area contributed by atoms with Gasteiger partial charge >= 0.3 is 59.2 Å². The number of aliphatic imine (C=N–C) groups is 6. The molecule has 0 aliphatic carbocycles. The molecule has 123 heavy (non-hydrogen) atoms. The molecule has 0 saturated carbocycles. The van der Waals surface area contributed by atoms with Gasteiger partial charge in [-0.05, 0) is 84.4 Å². The zero-order chi connectivity index (χ0) is 81.6. The normalized spacial score (nSPS) is 14.2. The number of allylic oxidation sites excluding steroid dienone is 4. The summed E-state index contributed by atoms with van der Waals surface area (Å²) in [5, 5.41) is 14.5. The van der Waals surface area contributed by atoms with Gasteiger partial charge in [0.1, 0.15) is 0 Å². The van der Waals surface area contributed by atoms with Crippen molar-refractivity contribution in [3.05, 3.63) is 353 Å². The third-order valence-corrected chi connectivity index (χ3v) is 21.2. The zero-order valence-electron chi connectivity index (χ0n) is 73.8. The van der Waals surface area contributed by atoms with Crippen molar-refractivity contribution < 1.29 is 101 Å². The first-order valence-electron chi connectivity index (χ1n) is 40.1. The number of nitrogens with zero attached hydrogens (tertiary/aromatic N) is 11. The maximum atomic E-state index is 5.30. The first-order chi connectivity index (χ1) is 56.1. The van der Waals surface area contributed by atoms with Crippen LogP contribution >= 0.6 is 11.3 Å². The Bertz CT molecular complexity index is 5680. The largest absolute Gasteiger partial charge is 2.00 e. The number of rotatable bonds is 2. The third-order valence-electron chi connectivity index (χ3n) is 20.4. The second-order valence-electron chi connectivity index (χ2n) is 28.5. The Balaban J connectivity index is 0.000000330. The summed E-state index contributed by atoms with van der Waals surface area (Å²) in [4.78, 5) is 55.6. The van der Waals surface area contributed by atoms with Gasteiger partial charge in [-0.3, -0.25) is 21.3 Å². The van der Waals surface area contributed by atoms with Crippen LogP contribution in [-0.2, 0) is 123 Å².